The Morgan fingerprint density at radius 3 is 2.24 bits per heavy atom. The van der Waals surface area contributed by atoms with Crippen LogP contribution in [0.2, 0.25) is 0 Å². The molecule has 0 saturated heterocycles. The highest BCUT2D eigenvalue weighted by Gasteiger charge is 2.31. The number of ether oxygens (including phenoxy) is 1. The van der Waals surface area contributed by atoms with Crippen molar-refractivity contribution in [2.24, 2.45) is 0 Å². The molecule has 4 rings (SSSR count). The lowest BCUT2D eigenvalue weighted by Crippen LogP contribution is -2.44. The first-order valence-electron chi connectivity index (χ1n) is 11.5. The van der Waals surface area contributed by atoms with E-state index in [1.54, 1.807) is 12.1 Å². The summed E-state index contributed by atoms with van der Waals surface area (Å²) < 4.78 is 69.0. The van der Waals surface area contributed by atoms with Gasteiger partial charge in [-0.25, -0.2) is 0 Å². The second kappa shape index (κ2) is 11.6. The van der Waals surface area contributed by atoms with Gasteiger partial charge in [0.05, 0.1) is 0 Å². The molecular weight excluding hydrogens is 521 g/mol. The van der Waals surface area contributed by atoms with Crippen LogP contribution in [0, 0.1) is 6.92 Å². The van der Waals surface area contributed by atoms with Gasteiger partial charge in [0.25, 0.3) is 0 Å². The predicted octanol–water partition coefficient (Wildman–Crippen LogP) is 6.45. The Labute approximate surface area is 220 Å². The highest BCUT2D eigenvalue weighted by Crippen LogP contribution is 2.38. The van der Waals surface area contributed by atoms with Crippen molar-refractivity contribution in [2.45, 2.75) is 32.3 Å². The van der Waals surface area contributed by atoms with Crippen molar-refractivity contribution in [3.63, 3.8) is 0 Å². The van der Waals surface area contributed by atoms with E-state index in [-0.39, 0.29) is 18.3 Å². The molecule has 196 valence electrons. The molecule has 0 radical (unpaired) electrons. The van der Waals surface area contributed by atoms with Crippen LogP contribution in [0.15, 0.2) is 78.9 Å². The molecule has 3 aromatic carbocycles. The first-order chi connectivity index (χ1) is 17.6. The summed E-state index contributed by atoms with van der Waals surface area (Å²) in [6.45, 7) is 2.66. The molecule has 0 saturated carbocycles. The number of alkyl halides is 3. The van der Waals surface area contributed by atoms with Gasteiger partial charge >= 0.3 is 6.36 Å². The first-order valence-corrected chi connectivity index (χ1v) is 13.4. The molecule has 0 aliphatic carbocycles. The number of fused-ring (bicyclic) bond motifs is 1. The third-order valence-corrected chi connectivity index (χ3v) is 8.23. The van der Waals surface area contributed by atoms with Crippen LogP contribution in [0.25, 0.3) is 10.1 Å². The number of likely N-dealkylation sites (N-methyl/N-ethyl adjacent to an activating group) is 1. The Morgan fingerprint density at radius 2 is 1.62 bits per heavy atom. The molecule has 1 heterocycles. The van der Waals surface area contributed by atoms with Gasteiger partial charge in [-0.1, -0.05) is 60.7 Å². The van der Waals surface area contributed by atoms with Crippen LogP contribution < -0.4 is 9.04 Å². The number of hydrogen-bond donors (Lipinski definition) is 0. The Balaban J connectivity index is 1.62. The number of anilines is 1. The maximum absolute atomic E-state index is 12.6. The number of thiophene rings is 1. The van der Waals surface area contributed by atoms with E-state index in [2.05, 4.69) is 9.64 Å². The van der Waals surface area contributed by atoms with Crippen molar-refractivity contribution in [2.75, 3.05) is 17.9 Å². The van der Waals surface area contributed by atoms with Crippen molar-refractivity contribution >= 4 is 37.7 Å². The quantitative estimate of drug-likeness (QED) is 0.214. The van der Waals surface area contributed by atoms with E-state index in [0.29, 0.717) is 18.0 Å². The van der Waals surface area contributed by atoms with E-state index in [1.165, 1.54) is 27.8 Å². The van der Waals surface area contributed by atoms with Gasteiger partial charge in [-0.3, -0.25) is 13.4 Å². The summed E-state index contributed by atoms with van der Waals surface area (Å²) in [7, 11) is 1.92. The molecule has 0 amide bonds. The molecule has 2 atom stereocenters. The number of halogens is 3. The van der Waals surface area contributed by atoms with E-state index >= 15 is 0 Å². The van der Waals surface area contributed by atoms with E-state index in [4.69, 9.17) is 0 Å². The van der Waals surface area contributed by atoms with Gasteiger partial charge in [0.2, 0.25) is 0 Å². The Morgan fingerprint density at radius 1 is 0.973 bits per heavy atom. The molecule has 4 aromatic rings. The van der Waals surface area contributed by atoms with Gasteiger partial charge in [0.1, 0.15) is 10.8 Å². The zero-order chi connectivity index (χ0) is 26.6. The van der Waals surface area contributed by atoms with Gasteiger partial charge < -0.3 is 9.29 Å². The fourth-order valence-corrected chi connectivity index (χ4v) is 6.25. The lowest BCUT2D eigenvalue weighted by molar-refractivity contribution is -0.274. The molecule has 0 spiro atoms. The van der Waals surface area contributed by atoms with Crippen molar-refractivity contribution in [3.8, 4) is 5.75 Å². The summed E-state index contributed by atoms with van der Waals surface area (Å²) >= 11 is -1.10. The molecule has 5 nitrogen and oxygen atoms in total. The Kier molecular flexibility index (Phi) is 8.53. The third kappa shape index (κ3) is 7.10. The van der Waals surface area contributed by atoms with Crippen LogP contribution in [0.3, 0.4) is 0 Å². The maximum atomic E-state index is 12.6. The standard InChI is InChI=1S/C27H27F3N2O3S2/c1-19-24-10-6-7-11-25(24)36-26(19)32(37(33)34)18-22(31(2)17-21-8-4-3-5-9-21)16-20-12-14-23(15-13-20)35-27(28,29)30/h3-15,22H,16-18H2,1-2H3,(H,33,34)/p-1. The van der Waals surface area contributed by atoms with Crippen LogP contribution in [0.5, 0.6) is 5.75 Å². The van der Waals surface area contributed by atoms with Crippen LogP contribution >= 0.6 is 11.3 Å². The summed E-state index contributed by atoms with van der Waals surface area (Å²) in [6, 6.07) is 23.0. The number of hydrogen-bond acceptors (Lipinski definition) is 5. The van der Waals surface area contributed by atoms with E-state index in [1.807, 2.05) is 68.6 Å². The van der Waals surface area contributed by atoms with Crippen molar-refractivity contribution in [1.82, 2.24) is 4.90 Å². The minimum absolute atomic E-state index is 0.175. The van der Waals surface area contributed by atoms with Crippen LogP contribution in [-0.2, 0) is 24.2 Å². The van der Waals surface area contributed by atoms with Gasteiger partial charge in [-0.2, -0.15) is 0 Å². The molecule has 0 N–H and O–H groups in total. The smallest absolute Gasteiger partial charge is 0.573 e. The van der Waals surface area contributed by atoms with E-state index in [9.17, 15) is 21.9 Å². The molecule has 2 unspecified atom stereocenters. The van der Waals surface area contributed by atoms with E-state index < -0.39 is 17.6 Å². The largest absolute Gasteiger partial charge is 0.755 e. The summed E-state index contributed by atoms with van der Waals surface area (Å²) in [5, 5.41) is 1.66. The lowest BCUT2D eigenvalue weighted by atomic mass is 10.0. The topological polar surface area (TPSA) is 55.8 Å². The number of rotatable bonds is 10. The highest BCUT2D eigenvalue weighted by atomic mass is 32.2. The van der Waals surface area contributed by atoms with Crippen molar-refractivity contribution in [3.05, 3.63) is 95.6 Å². The predicted molar refractivity (Wildman–Crippen MR) is 141 cm³/mol. The van der Waals surface area contributed by atoms with Gasteiger partial charge in [0.15, 0.2) is 0 Å². The average Bonchev–Trinajstić information content (AvgIpc) is 3.18. The Hall–Kier alpha value is -2.92. The molecule has 1 aromatic heterocycles. The summed E-state index contributed by atoms with van der Waals surface area (Å²) in [6.07, 6.45) is -4.34. The highest BCUT2D eigenvalue weighted by molar-refractivity contribution is 7.81. The second-order valence-corrected chi connectivity index (χ2v) is 10.7. The molecule has 0 aliphatic rings. The van der Waals surface area contributed by atoms with Gasteiger partial charge in [-0.15, -0.1) is 24.5 Å². The number of nitrogens with zero attached hydrogens (tertiary/aromatic N) is 2. The van der Waals surface area contributed by atoms with Crippen molar-refractivity contribution < 1.29 is 26.7 Å². The van der Waals surface area contributed by atoms with Crippen molar-refractivity contribution in [1.29, 1.82) is 0 Å². The SMILES string of the molecule is Cc1c(N(CC(Cc2ccc(OC(F)(F)F)cc2)N(C)Cc2ccccc2)S(=O)[O-])sc2ccccc12. The fourth-order valence-electron chi connectivity index (χ4n) is 4.26. The summed E-state index contributed by atoms with van der Waals surface area (Å²) in [4.78, 5) is 2.07. The third-order valence-electron chi connectivity index (χ3n) is 6.13. The zero-order valence-corrected chi connectivity index (χ0v) is 21.9. The summed E-state index contributed by atoms with van der Waals surface area (Å²) in [5.41, 5.74) is 2.73. The number of aryl methyl sites for hydroxylation is 1. The molecule has 0 bridgehead atoms. The average molecular weight is 548 g/mol. The van der Waals surface area contributed by atoms with Crippen LogP contribution in [-0.4, -0.2) is 39.7 Å². The molecule has 10 heteroatoms. The maximum Gasteiger partial charge on any atom is 0.573 e. The van der Waals surface area contributed by atoms with Gasteiger partial charge in [0, 0.05) is 35.1 Å². The molecule has 37 heavy (non-hydrogen) atoms. The van der Waals surface area contributed by atoms with E-state index in [0.717, 1.165) is 26.8 Å². The lowest BCUT2D eigenvalue weighted by Gasteiger charge is -2.35. The zero-order valence-electron chi connectivity index (χ0n) is 20.3. The minimum atomic E-state index is -4.76. The summed E-state index contributed by atoms with van der Waals surface area (Å²) in [5.74, 6) is -0.298. The molecule has 0 fully saturated rings. The normalized spacial score (nSPS) is 13.6. The van der Waals surface area contributed by atoms with Crippen LogP contribution in [0.4, 0.5) is 18.2 Å². The van der Waals surface area contributed by atoms with Crippen LogP contribution in [0.1, 0.15) is 16.7 Å². The fraction of sp³-hybridized carbons (Fsp3) is 0.259. The molecular formula is C27H26F3N2O3S2-. The number of benzene rings is 3. The first kappa shape index (κ1) is 27.1. The molecule has 0 aliphatic heterocycles. The minimum Gasteiger partial charge on any atom is -0.755 e. The second-order valence-electron chi connectivity index (χ2n) is 8.76. The van der Waals surface area contributed by atoms with Gasteiger partial charge in [-0.05, 0) is 60.7 Å². The Bertz CT molecular complexity index is 1340. The monoisotopic (exact) mass is 547 g/mol.